The van der Waals surface area contributed by atoms with Crippen molar-refractivity contribution in [1.29, 1.82) is 0 Å². The van der Waals surface area contributed by atoms with Crippen LogP contribution in [0, 0.1) is 5.41 Å². The maximum absolute atomic E-state index is 12.6. The van der Waals surface area contributed by atoms with Crippen molar-refractivity contribution >= 4 is 5.91 Å². The van der Waals surface area contributed by atoms with Crippen LogP contribution in [0.5, 0.6) is 0 Å². The number of methoxy groups -OCH3 is 1. The van der Waals surface area contributed by atoms with E-state index in [1.807, 2.05) is 0 Å². The van der Waals surface area contributed by atoms with E-state index in [1.54, 1.807) is 7.11 Å². The van der Waals surface area contributed by atoms with Gasteiger partial charge in [-0.1, -0.05) is 6.42 Å². The summed E-state index contributed by atoms with van der Waals surface area (Å²) in [6.45, 7) is 4.25. The third-order valence-corrected chi connectivity index (χ3v) is 4.88. The van der Waals surface area contributed by atoms with Crippen LogP contribution in [0.15, 0.2) is 0 Å². The molecule has 0 aromatic rings. The first-order chi connectivity index (χ1) is 9.68. The Balaban J connectivity index is 1.87. The van der Waals surface area contributed by atoms with Gasteiger partial charge in [-0.25, -0.2) is 0 Å². The Hall–Kier alpha value is -0.650. The summed E-state index contributed by atoms with van der Waals surface area (Å²) >= 11 is 0. The Morgan fingerprint density at radius 3 is 2.80 bits per heavy atom. The van der Waals surface area contributed by atoms with E-state index in [0.29, 0.717) is 12.6 Å². The summed E-state index contributed by atoms with van der Waals surface area (Å²) < 4.78 is 5.32. The molecule has 116 valence electrons. The molecule has 2 heterocycles. The standard InChI is InChI=1S/C15H29N3O2/c1-18-10-4-3-5-13(18)11-17-14(19)15(12-20-2)6-8-16-9-7-15/h13,16H,3-12H2,1-2H3,(H,17,19). The van der Waals surface area contributed by atoms with Crippen molar-refractivity contribution in [3.8, 4) is 0 Å². The molecule has 1 unspecified atom stereocenters. The number of rotatable bonds is 5. The molecule has 1 atom stereocenters. The molecule has 0 bridgehead atoms. The van der Waals surface area contributed by atoms with Gasteiger partial charge in [-0.2, -0.15) is 0 Å². The van der Waals surface area contributed by atoms with Gasteiger partial charge in [-0.15, -0.1) is 0 Å². The molecular formula is C15H29N3O2. The molecule has 2 aliphatic rings. The van der Waals surface area contributed by atoms with Gasteiger partial charge in [0.25, 0.3) is 0 Å². The minimum Gasteiger partial charge on any atom is -0.384 e. The fourth-order valence-corrected chi connectivity index (χ4v) is 3.42. The summed E-state index contributed by atoms with van der Waals surface area (Å²) in [5, 5.41) is 6.51. The van der Waals surface area contributed by atoms with Gasteiger partial charge < -0.3 is 20.3 Å². The van der Waals surface area contributed by atoms with Crippen LogP contribution >= 0.6 is 0 Å². The van der Waals surface area contributed by atoms with E-state index in [2.05, 4.69) is 22.6 Å². The summed E-state index contributed by atoms with van der Waals surface area (Å²) in [6.07, 6.45) is 5.48. The number of hydrogen-bond donors (Lipinski definition) is 2. The van der Waals surface area contributed by atoms with Gasteiger partial charge in [-0.3, -0.25) is 4.79 Å². The lowest BCUT2D eigenvalue weighted by Crippen LogP contribution is -2.53. The number of likely N-dealkylation sites (tertiary alicyclic amines) is 1. The highest BCUT2D eigenvalue weighted by Gasteiger charge is 2.39. The topological polar surface area (TPSA) is 53.6 Å². The predicted octanol–water partition coefficient (Wildman–Crippen LogP) is 0.603. The van der Waals surface area contributed by atoms with E-state index in [0.717, 1.165) is 39.0 Å². The van der Waals surface area contributed by atoms with Crippen LogP contribution in [0.3, 0.4) is 0 Å². The van der Waals surface area contributed by atoms with Gasteiger partial charge in [0.1, 0.15) is 0 Å². The zero-order valence-electron chi connectivity index (χ0n) is 12.9. The van der Waals surface area contributed by atoms with Crippen molar-refractivity contribution in [2.24, 2.45) is 5.41 Å². The second kappa shape index (κ2) is 7.38. The second-order valence-electron chi connectivity index (χ2n) is 6.30. The van der Waals surface area contributed by atoms with Crippen molar-refractivity contribution < 1.29 is 9.53 Å². The third kappa shape index (κ3) is 3.71. The molecule has 0 saturated carbocycles. The van der Waals surface area contributed by atoms with Crippen LogP contribution in [0.25, 0.3) is 0 Å². The first-order valence-electron chi connectivity index (χ1n) is 7.86. The van der Waals surface area contributed by atoms with Crippen molar-refractivity contribution in [3.05, 3.63) is 0 Å². The summed E-state index contributed by atoms with van der Waals surface area (Å²) in [6, 6.07) is 0.494. The van der Waals surface area contributed by atoms with E-state index < -0.39 is 0 Å². The normalized spacial score (nSPS) is 27.2. The number of piperidine rings is 2. The van der Waals surface area contributed by atoms with Crippen LogP contribution in [0.1, 0.15) is 32.1 Å². The van der Waals surface area contributed by atoms with Crippen LogP contribution in [-0.2, 0) is 9.53 Å². The van der Waals surface area contributed by atoms with Gasteiger partial charge in [-0.05, 0) is 52.4 Å². The molecule has 2 aliphatic heterocycles. The Labute approximate surface area is 122 Å². The summed E-state index contributed by atoms with van der Waals surface area (Å²) in [4.78, 5) is 15.0. The lowest BCUT2D eigenvalue weighted by atomic mass is 9.78. The molecule has 0 radical (unpaired) electrons. The SMILES string of the molecule is COCC1(C(=O)NCC2CCCCN2C)CCNCC1. The van der Waals surface area contributed by atoms with Crippen molar-refractivity contribution in [3.63, 3.8) is 0 Å². The molecule has 1 amide bonds. The van der Waals surface area contributed by atoms with Crippen molar-refractivity contribution in [2.75, 3.05) is 46.9 Å². The molecule has 2 rings (SSSR count). The maximum atomic E-state index is 12.6. The molecular weight excluding hydrogens is 254 g/mol. The Morgan fingerprint density at radius 2 is 2.15 bits per heavy atom. The number of hydrogen-bond acceptors (Lipinski definition) is 4. The van der Waals surface area contributed by atoms with E-state index in [1.165, 1.54) is 19.3 Å². The average Bonchev–Trinajstić information content (AvgIpc) is 2.47. The number of carbonyl (C=O) groups is 1. The predicted molar refractivity (Wildman–Crippen MR) is 79.7 cm³/mol. The summed E-state index contributed by atoms with van der Waals surface area (Å²) in [5.74, 6) is 0.180. The Kier molecular flexibility index (Phi) is 5.81. The fourth-order valence-electron chi connectivity index (χ4n) is 3.42. The zero-order valence-corrected chi connectivity index (χ0v) is 12.9. The Morgan fingerprint density at radius 1 is 1.40 bits per heavy atom. The quantitative estimate of drug-likeness (QED) is 0.776. The van der Waals surface area contributed by atoms with E-state index >= 15 is 0 Å². The van der Waals surface area contributed by atoms with Crippen molar-refractivity contribution in [1.82, 2.24) is 15.5 Å². The molecule has 0 aromatic carbocycles. The Bertz CT molecular complexity index is 311. The van der Waals surface area contributed by atoms with E-state index in [9.17, 15) is 4.79 Å². The van der Waals surface area contributed by atoms with E-state index in [-0.39, 0.29) is 11.3 Å². The number of amides is 1. The number of carbonyl (C=O) groups excluding carboxylic acids is 1. The van der Waals surface area contributed by atoms with Gasteiger partial charge in [0.05, 0.1) is 12.0 Å². The number of ether oxygens (including phenoxy) is 1. The minimum atomic E-state index is -0.326. The lowest BCUT2D eigenvalue weighted by molar-refractivity contribution is -0.136. The highest BCUT2D eigenvalue weighted by molar-refractivity contribution is 5.83. The zero-order chi connectivity index (χ0) is 14.4. The van der Waals surface area contributed by atoms with Crippen LogP contribution in [0.2, 0.25) is 0 Å². The third-order valence-electron chi connectivity index (χ3n) is 4.88. The van der Waals surface area contributed by atoms with Gasteiger partial charge >= 0.3 is 0 Å². The monoisotopic (exact) mass is 283 g/mol. The van der Waals surface area contributed by atoms with E-state index in [4.69, 9.17) is 4.74 Å². The molecule has 2 saturated heterocycles. The summed E-state index contributed by atoms with van der Waals surface area (Å²) in [7, 11) is 3.84. The second-order valence-corrected chi connectivity index (χ2v) is 6.30. The highest BCUT2D eigenvalue weighted by atomic mass is 16.5. The smallest absolute Gasteiger partial charge is 0.228 e. The highest BCUT2D eigenvalue weighted by Crippen LogP contribution is 2.29. The summed E-state index contributed by atoms with van der Waals surface area (Å²) in [5.41, 5.74) is -0.326. The first kappa shape index (κ1) is 15.7. The number of nitrogens with one attached hydrogen (secondary N) is 2. The minimum absolute atomic E-state index is 0.180. The number of nitrogens with zero attached hydrogens (tertiary/aromatic N) is 1. The van der Waals surface area contributed by atoms with Crippen LogP contribution in [0.4, 0.5) is 0 Å². The molecule has 2 N–H and O–H groups in total. The first-order valence-corrected chi connectivity index (χ1v) is 7.86. The van der Waals surface area contributed by atoms with Gasteiger partial charge in [0, 0.05) is 19.7 Å². The van der Waals surface area contributed by atoms with Crippen LogP contribution < -0.4 is 10.6 Å². The van der Waals surface area contributed by atoms with Gasteiger partial charge in [0.2, 0.25) is 5.91 Å². The molecule has 2 fully saturated rings. The molecule has 5 nitrogen and oxygen atoms in total. The fraction of sp³-hybridized carbons (Fsp3) is 0.933. The van der Waals surface area contributed by atoms with Crippen molar-refractivity contribution in [2.45, 2.75) is 38.1 Å². The molecule has 0 aromatic heterocycles. The molecule has 20 heavy (non-hydrogen) atoms. The van der Waals surface area contributed by atoms with Crippen LogP contribution in [-0.4, -0.2) is 63.8 Å². The maximum Gasteiger partial charge on any atom is 0.228 e. The largest absolute Gasteiger partial charge is 0.384 e. The lowest BCUT2D eigenvalue weighted by Gasteiger charge is -2.37. The average molecular weight is 283 g/mol. The molecule has 0 aliphatic carbocycles. The molecule has 5 heteroatoms. The molecule has 0 spiro atoms. The van der Waals surface area contributed by atoms with Gasteiger partial charge in [0.15, 0.2) is 0 Å². The number of likely N-dealkylation sites (N-methyl/N-ethyl adjacent to an activating group) is 1.